The molecular formula is C5H4BrNO4. The molecule has 0 aliphatic carbocycles. The van der Waals surface area contributed by atoms with Crippen molar-refractivity contribution in [3.05, 3.63) is 0 Å². The molecule has 1 rings (SSSR count). The van der Waals surface area contributed by atoms with Crippen LogP contribution in [0.2, 0.25) is 0 Å². The van der Waals surface area contributed by atoms with Crippen LogP contribution in [0.4, 0.5) is 4.79 Å². The molecule has 0 aromatic carbocycles. The van der Waals surface area contributed by atoms with Gasteiger partial charge < -0.3 is 4.84 Å². The number of carbonyl (C=O) groups is 3. The van der Waals surface area contributed by atoms with E-state index in [4.69, 9.17) is 0 Å². The van der Waals surface area contributed by atoms with E-state index in [0.717, 1.165) is 0 Å². The predicted octanol–water partition coefficient (Wildman–Crippen LogP) is 0.582. The van der Waals surface area contributed by atoms with E-state index in [9.17, 15) is 14.4 Å². The third kappa shape index (κ3) is 1.76. The molecule has 1 heterocycles. The second kappa shape index (κ2) is 3.00. The number of hydroxylamine groups is 2. The third-order valence-corrected chi connectivity index (χ3v) is 1.31. The van der Waals surface area contributed by atoms with Gasteiger partial charge in [0.25, 0.3) is 11.8 Å². The van der Waals surface area contributed by atoms with Crippen LogP contribution >= 0.6 is 15.9 Å². The maximum atomic E-state index is 10.7. The molecule has 0 saturated carbocycles. The molecule has 1 aliphatic heterocycles. The van der Waals surface area contributed by atoms with Gasteiger partial charge in [0.1, 0.15) is 0 Å². The van der Waals surface area contributed by atoms with Crippen molar-refractivity contribution < 1.29 is 19.2 Å². The van der Waals surface area contributed by atoms with Crippen molar-refractivity contribution in [2.24, 2.45) is 0 Å². The normalized spacial score (nSPS) is 17.4. The second-order valence-electron chi connectivity index (χ2n) is 1.91. The lowest BCUT2D eigenvalue weighted by Gasteiger charge is -2.08. The second-order valence-corrected chi connectivity index (χ2v) is 2.56. The molecule has 6 heteroatoms. The predicted molar refractivity (Wildman–Crippen MR) is 36.5 cm³/mol. The zero-order valence-electron chi connectivity index (χ0n) is 5.37. The van der Waals surface area contributed by atoms with Gasteiger partial charge in [-0.2, -0.15) is 0 Å². The van der Waals surface area contributed by atoms with Gasteiger partial charge in [-0.3, -0.25) is 9.59 Å². The summed E-state index contributed by atoms with van der Waals surface area (Å²) in [5.74, 6) is -0.967. The molecule has 0 atom stereocenters. The van der Waals surface area contributed by atoms with Crippen molar-refractivity contribution in [1.29, 1.82) is 0 Å². The van der Waals surface area contributed by atoms with Crippen LogP contribution in [-0.2, 0) is 14.4 Å². The molecule has 0 bridgehead atoms. The van der Waals surface area contributed by atoms with E-state index in [1.54, 1.807) is 0 Å². The molecule has 0 N–H and O–H groups in total. The van der Waals surface area contributed by atoms with Crippen LogP contribution in [-0.4, -0.2) is 21.8 Å². The van der Waals surface area contributed by atoms with E-state index in [0.29, 0.717) is 5.06 Å². The lowest BCUT2D eigenvalue weighted by molar-refractivity contribution is -0.169. The Labute approximate surface area is 70.4 Å². The average Bonchev–Trinajstić information content (AvgIpc) is 2.18. The minimum absolute atomic E-state index is 0.110. The first kappa shape index (κ1) is 8.19. The van der Waals surface area contributed by atoms with E-state index in [2.05, 4.69) is 20.8 Å². The van der Waals surface area contributed by atoms with Gasteiger partial charge in [0.05, 0.1) is 0 Å². The van der Waals surface area contributed by atoms with E-state index < -0.39 is 16.7 Å². The zero-order valence-corrected chi connectivity index (χ0v) is 6.96. The van der Waals surface area contributed by atoms with E-state index in [1.807, 2.05) is 0 Å². The first-order valence-electron chi connectivity index (χ1n) is 2.84. The SMILES string of the molecule is O=C(Br)ON1C(=O)CCC1=O. The highest BCUT2D eigenvalue weighted by molar-refractivity contribution is 9.18. The molecule has 60 valence electrons. The van der Waals surface area contributed by atoms with Crippen LogP contribution < -0.4 is 0 Å². The molecule has 0 aromatic heterocycles. The standard InChI is InChI=1S/C5H4BrNO4/c6-5(10)11-7-3(8)1-2-4(7)9/h1-2H2. The lowest BCUT2D eigenvalue weighted by Crippen LogP contribution is -2.29. The Morgan fingerprint density at radius 1 is 1.36 bits per heavy atom. The van der Waals surface area contributed by atoms with Gasteiger partial charge in [0.2, 0.25) is 0 Å². The molecule has 0 radical (unpaired) electrons. The average molecular weight is 222 g/mol. The highest BCUT2D eigenvalue weighted by Gasteiger charge is 2.32. The summed E-state index contributed by atoms with van der Waals surface area (Å²) < 4.78 is 0. The Morgan fingerprint density at radius 3 is 2.18 bits per heavy atom. The van der Waals surface area contributed by atoms with Crippen molar-refractivity contribution in [3.8, 4) is 0 Å². The zero-order chi connectivity index (χ0) is 8.43. The molecule has 11 heavy (non-hydrogen) atoms. The Morgan fingerprint density at radius 2 is 1.82 bits per heavy atom. The Balaban J connectivity index is 2.62. The van der Waals surface area contributed by atoms with Gasteiger partial charge in [0.15, 0.2) is 0 Å². The molecule has 1 aliphatic rings. The molecule has 5 nitrogen and oxygen atoms in total. The van der Waals surface area contributed by atoms with Gasteiger partial charge in [0, 0.05) is 28.8 Å². The Hall–Kier alpha value is -0.910. The molecule has 0 aromatic rings. The Kier molecular flexibility index (Phi) is 2.23. The topological polar surface area (TPSA) is 63.7 Å². The van der Waals surface area contributed by atoms with Crippen molar-refractivity contribution in [2.45, 2.75) is 12.8 Å². The monoisotopic (exact) mass is 221 g/mol. The largest absolute Gasteiger partial charge is 0.399 e. The molecular weight excluding hydrogens is 218 g/mol. The first-order chi connectivity index (χ1) is 5.11. The number of imide groups is 1. The minimum Gasteiger partial charge on any atom is -0.319 e. The molecule has 0 spiro atoms. The highest BCUT2D eigenvalue weighted by Crippen LogP contribution is 2.13. The van der Waals surface area contributed by atoms with Crippen molar-refractivity contribution in [1.82, 2.24) is 5.06 Å². The van der Waals surface area contributed by atoms with Crippen LogP contribution in [0.25, 0.3) is 0 Å². The fourth-order valence-corrected chi connectivity index (χ4v) is 0.874. The number of hydrogen-bond acceptors (Lipinski definition) is 4. The lowest BCUT2D eigenvalue weighted by atomic mass is 10.4. The molecule has 1 fully saturated rings. The Bertz CT molecular complexity index is 211. The van der Waals surface area contributed by atoms with Crippen LogP contribution in [0, 0.1) is 0 Å². The van der Waals surface area contributed by atoms with Crippen molar-refractivity contribution in [3.63, 3.8) is 0 Å². The fraction of sp³-hybridized carbons (Fsp3) is 0.400. The molecule has 1 saturated heterocycles. The minimum atomic E-state index is -0.846. The van der Waals surface area contributed by atoms with Crippen LogP contribution in [0.15, 0.2) is 0 Å². The van der Waals surface area contributed by atoms with Gasteiger partial charge in [-0.25, -0.2) is 4.79 Å². The van der Waals surface area contributed by atoms with Crippen LogP contribution in [0.3, 0.4) is 0 Å². The number of hydrogen-bond donors (Lipinski definition) is 0. The van der Waals surface area contributed by atoms with E-state index in [1.165, 1.54) is 0 Å². The van der Waals surface area contributed by atoms with E-state index >= 15 is 0 Å². The summed E-state index contributed by atoms with van der Waals surface area (Å²) in [5, 5.41) is 0.469. The summed E-state index contributed by atoms with van der Waals surface area (Å²) in [7, 11) is 0. The first-order valence-corrected chi connectivity index (χ1v) is 3.64. The quantitative estimate of drug-likeness (QED) is 0.480. The summed E-state index contributed by atoms with van der Waals surface area (Å²) in [4.78, 5) is 35.1. The summed E-state index contributed by atoms with van der Waals surface area (Å²) in [6, 6.07) is 0. The number of nitrogens with zero attached hydrogens (tertiary/aromatic N) is 1. The number of amides is 2. The van der Waals surface area contributed by atoms with Gasteiger partial charge in [-0.15, -0.1) is 5.06 Å². The van der Waals surface area contributed by atoms with Crippen molar-refractivity contribution in [2.75, 3.05) is 0 Å². The summed E-state index contributed by atoms with van der Waals surface area (Å²) in [6.07, 6.45) is 0.220. The summed E-state index contributed by atoms with van der Waals surface area (Å²) in [6.45, 7) is 0. The van der Waals surface area contributed by atoms with Gasteiger partial charge in [-0.1, -0.05) is 0 Å². The van der Waals surface area contributed by atoms with E-state index in [-0.39, 0.29) is 12.8 Å². The molecule has 0 unspecified atom stereocenters. The van der Waals surface area contributed by atoms with Crippen LogP contribution in [0.5, 0.6) is 0 Å². The smallest absolute Gasteiger partial charge is 0.319 e. The number of carbonyl (C=O) groups excluding carboxylic acids is 3. The maximum Gasteiger partial charge on any atom is 0.399 e. The summed E-state index contributed by atoms with van der Waals surface area (Å²) >= 11 is 2.43. The van der Waals surface area contributed by atoms with Gasteiger partial charge in [-0.05, 0) is 0 Å². The number of halogens is 1. The molecule has 2 amide bonds. The summed E-state index contributed by atoms with van der Waals surface area (Å²) in [5.41, 5.74) is 0. The fourth-order valence-electron chi connectivity index (χ4n) is 0.730. The maximum absolute atomic E-state index is 10.7. The van der Waals surface area contributed by atoms with Gasteiger partial charge >= 0.3 is 4.88 Å². The van der Waals surface area contributed by atoms with Crippen molar-refractivity contribution >= 4 is 32.6 Å². The third-order valence-electron chi connectivity index (χ3n) is 1.17. The van der Waals surface area contributed by atoms with Crippen LogP contribution in [0.1, 0.15) is 12.8 Å². The highest BCUT2D eigenvalue weighted by atomic mass is 79.9. The number of rotatable bonds is 1.